The van der Waals surface area contributed by atoms with E-state index >= 15 is 0 Å². The first-order valence-electron chi connectivity index (χ1n) is 17.4. The van der Waals surface area contributed by atoms with Crippen molar-refractivity contribution in [3.63, 3.8) is 0 Å². The number of fused-ring (bicyclic) bond motifs is 9. The van der Waals surface area contributed by atoms with E-state index in [1.807, 2.05) is 6.07 Å². The summed E-state index contributed by atoms with van der Waals surface area (Å²) in [6.07, 6.45) is 0. The molecule has 0 amide bonds. The maximum atomic E-state index is 6.40. The molecule has 8 aromatic carbocycles. The molecule has 3 nitrogen and oxygen atoms in total. The average Bonchev–Trinajstić information content (AvgIpc) is 3.85. The Morgan fingerprint density at radius 2 is 0.804 bits per heavy atom. The van der Waals surface area contributed by atoms with Crippen LogP contribution in [0.4, 0.5) is 0 Å². The lowest BCUT2D eigenvalue weighted by Crippen LogP contribution is -1.93. The fraction of sp³-hybridized carbons (Fsp3) is 0. The molecule has 0 spiro atoms. The minimum atomic E-state index is 0.894. The Hall–Kier alpha value is -6.84. The molecule has 0 unspecified atom stereocenters. The highest BCUT2D eigenvalue weighted by atomic mass is 16.3. The quantitative estimate of drug-likeness (QED) is 0.186. The third kappa shape index (κ3) is 4.25. The Balaban J connectivity index is 1.06. The van der Waals surface area contributed by atoms with Crippen molar-refractivity contribution >= 4 is 65.6 Å². The summed E-state index contributed by atoms with van der Waals surface area (Å²) in [5.41, 5.74) is 13.6. The van der Waals surface area contributed by atoms with E-state index in [0.29, 0.717) is 0 Å². The van der Waals surface area contributed by atoms with Crippen LogP contribution in [0.25, 0.3) is 99.2 Å². The molecule has 0 radical (unpaired) electrons. The first-order chi connectivity index (χ1) is 25.3. The molecule has 11 aromatic rings. The lowest BCUT2D eigenvalue weighted by Gasteiger charge is -2.09. The maximum absolute atomic E-state index is 6.40. The van der Waals surface area contributed by atoms with Gasteiger partial charge in [-0.15, -0.1) is 0 Å². The summed E-state index contributed by atoms with van der Waals surface area (Å²) in [5, 5.41) is 7.23. The molecule has 0 bridgehead atoms. The number of furan rings is 1. The van der Waals surface area contributed by atoms with Gasteiger partial charge in [0.1, 0.15) is 11.2 Å². The molecule has 0 aliphatic carbocycles. The molecule has 0 saturated heterocycles. The zero-order chi connectivity index (χ0) is 33.5. The summed E-state index contributed by atoms with van der Waals surface area (Å²) < 4.78 is 11.2. The van der Waals surface area contributed by atoms with Crippen LogP contribution in [0.2, 0.25) is 0 Å². The predicted octanol–water partition coefficient (Wildman–Crippen LogP) is 13.1. The van der Waals surface area contributed by atoms with Crippen LogP contribution in [0.3, 0.4) is 0 Å². The number of para-hydroxylation sites is 3. The Morgan fingerprint density at radius 3 is 1.47 bits per heavy atom. The predicted molar refractivity (Wildman–Crippen MR) is 213 cm³/mol. The van der Waals surface area contributed by atoms with Gasteiger partial charge < -0.3 is 13.6 Å². The van der Waals surface area contributed by atoms with Gasteiger partial charge in [-0.25, -0.2) is 0 Å². The number of nitrogens with zero attached hydrogens (tertiary/aromatic N) is 2. The lowest BCUT2D eigenvalue weighted by atomic mass is 10.0. The summed E-state index contributed by atoms with van der Waals surface area (Å²) in [5.74, 6) is 0. The molecule has 0 aliphatic heterocycles. The zero-order valence-electron chi connectivity index (χ0n) is 27.6. The number of benzene rings is 8. The van der Waals surface area contributed by atoms with Crippen LogP contribution in [0.1, 0.15) is 0 Å². The van der Waals surface area contributed by atoms with Gasteiger partial charge in [-0.3, -0.25) is 0 Å². The summed E-state index contributed by atoms with van der Waals surface area (Å²) in [6.45, 7) is 0. The highest BCUT2D eigenvalue weighted by Crippen LogP contribution is 2.40. The van der Waals surface area contributed by atoms with Gasteiger partial charge in [0, 0.05) is 43.7 Å². The number of hydrogen-bond donors (Lipinski definition) is 0. The van der Waals surface area contributed by atoms with Crippen molar-refractivity contribution < 1.29 is 4.42 Å². The summed E-state index contributed by atoms with van der Waals surface area (Å²) in [7, 11) is 0. The van der Waals surface area contributed by atoms with Crippen molar-refractivity contribution in [2.75, 3.05) is 0 Å². The van der Waals surface area contributed by atoms with E-state index in [4.69, 9.17) is 4.42 Å². The Morgan fingerprint density at radius 1 is 0.275 bits per heavy atom. The molecule has 3 aromatic heterocycles. The van der Waals surface area contributed by atoms with Gasteiger partial charge in [-0.05, 0) is 101 Å². The van der Waals surface area contributed by atoms with Gasteiger partial charge in [0.2, 0.25) is 0 Å². The molecule has 0 atom stereocenters. The monoisotopic (exact) mass is 650 g/mol. The van der Waals surface area contributed by atoms with E-state index < -0.39 is 0 Å². The topological polar surface area (TPSA) is 23.0 Å². The molecule has 11 rings (SSSR count). The second kappa shape index (κ2) is 10.8. The van der Waals surface area contributed by atoms with Gasteiger partial charge in [-0.2, -0.15) is 0 Å². The number of hydrogen-bond acceptors (Lipinski definition) is 1. The molecule has 0 N–H and O–H groups in total. The molecule has 51 heavy (non-hydrogen) atoms. The van der Waals surface area contributed by atoms with Gasteiger partial charge in [0.05, 0.1) is 22.1 Å². The molecule has 3 heteroatoms. The van der Waals surface area contributed by atoms with Crippen molar-refractivity contribution in [3.05, 3.63) is 182 Å². The second-order valence-electron chi connectivity index (χ2n) is 13.4. The van der Waals surface area contributed by atoms with Crippen LogP contribution >= 0.6 is 0 Å². The first kappa shape index (κ1) is 28.0. The van der Waals surface area contributed by atoms with Crippen LogP contribution in [-0.2, 0) is 0 Å². The fourth-order valence-electron chi connectivity index (χ4n) is 8.15. The average molecular weight is 651 g/mol. The van der Waals surface area contributed by atoms with Gasteiger partial charge in [0.25, 0.3) is 0 Å². The fourth-order valence-corrected chi connectivity index (χ4v) is 8.15. The zero-order valence-corrected chi connectivity index (χ0v) is 27.6. The summed E-state index contributed by atoms with van der Waals surface area (Å²) in [6, 6.07) is 65.5. The van der Waals surface area contributed by atoms with Gasteiger partial charge in [0.15, 0.2) is 0 Å². The largest absolute Gasteiger partial charge is 0.456 e. The van der Waals surface area contributed by atoms with E-state index in [2.05, 4.69) is 185 Å². The van der Waals surface area contributed by atoms with Crippen LogP contribution in [0, 0.1) is 0 Å². The molecule has 0 fully saturated rings. The second-order valence-corrected chi connectivity index (χ2v) is 13.4. The highest BCUT2D eigenvalue weighted by molar-refractivity contribution is 6.13. The summed E-state index contributed by atoms with van der Waals surface area (Å²) in [4.78, 5) is 0. The maximum Gasteiger partial charge on any atom is 0.136 e. The molecular formula is C48H30N2O. The first-order valence-corrected chi connectivity index (χ1v) is 17.4. The molecule has 0 saturated carbocycles. The molecular weight excluding hydrogens is 621 g/mol. The molecule has 0 aliphatic rings. The third-order valence-corrected chi connectivity index (χ3v) is 10.5. The van der Waals surface area contributed by atoms with Gasteiger partial charge >= 0.3 is 0 Å². The Bertz CT molecular complexity index is 3130. The minimum Gasteiger partial charge on any atom is -0.456 e. The smallest absolute Gasteiger partial charge is 0.136 e. The lowest BCUT2D eigenvalue weighted by molar-refractivity contribution is 0.669. The van der Waals surface area contributed by atoms with Crippen LogP contribution < -0.4 is 0 Å². The molecule has 238 valence electrons. The van der Waals surface area contributed by atoms with Gasteiger partial charge in [-0.1, -0.05) is 103 Å². The SMILES string of the molecule is c1ccc(-c2ccc3c(c2)oc2ccc(-n4c5ccccc5c5cc(-c6ccc7c(c6)c6ccccc6n7-c6ccccc6)ccc54)cc23)cc1. The van der Waals surface area contributed by atoms with Crippen LogP contribution in [0.5, 0.6) is 0 Å². The Labute approximate surface area is 293 Å². The number of rotatable bonds is 4. The highest BCUT2D eigenvalue weighted by Gasteiger charge is 2.17. The van der Waals surface area contributed by atoms with Crippen LogP contribution in [-0.4, -0.2) is 9.13 Å². The minimum absolute atomic E-state index is 0.894. The van der Waals surface area contributed by atoms with Crippen molar-refractivity contribution in [1.82, 2.24) is 9.13 Å². The normalized spacial score (nSPS) is 11.9. The van der Waals surface area contributed by atoms with E-state index in [1.165, 1.54) is 66.0 Å². The standard InChI is InChI=1S/C48H30N2O/c1-3-11-31(12-4-1)34-19-23-39-42-30-36(22-26-47(42)51-48(39)29-34)50-44-18-10-8-16-38(44)41-28-33(21-25-46(41)50)32-20-24-45-40(27-32)37-15-7-9-17-43(37)49(45)35-13-5-2-6-14-35/h1-30H. The van der Waals surface area contributed by atoms with E-state index in [-0.39, 0.29) is 0 Å². The van der Waals surface area contributed by atoms with Crippen molar-refractivity contribution in [3.8, 4) is 33.6 Å². The van der Waals surface area contributed by atoms with Crippen molar-refractivity contribution in [2.24, 2.45) is 0 Å². The molecule has 3 heterocycles. The van der Waals surface area contributed by atoms with E-state index in [0.717, 1.165) is 33.2 Å². The van der Waals surface area contributed by atoms with Crippen molar-refractivity contribution in [2.45, 2.75) is 0 Å². The summed E-state index contributed by atoms with van der Waals surface area (Å²) >= 11 is 0. The third-order valence-electron chi connectivity index (χ3n) is 10.5. The van der Waals surface area contributed by atoms with Crippen LogP contribution in [0.15, 0.2) is 186 Å². The van der Waals surface area contributed by atoms with E-state index in [1.54, 1.807) is 0 Å². The Kier molecular flexibility index (Phi) is 5.96. The van der Waals surface area contributed by atoms with E-state index in [9.17, 15) is 0 Å². The number of aromatic nitrogens is 2. The van der Waals surface area contributed by atoms with Crippen molar-refractivity contribution in [1.29, 1.82) is 0 Å².